The van der Waals surface area contributed by atoms with E-state index in [2.05, 4.69) is 24.1 Å². The van der Waals surface area contributed by atoms with E-state index in [0.717, 1.165) is 43.7 Å². The summed E-state index contributed by atoms with van der Waals surface area (Å²) in [5.74, 6) is 0.992. The molecule has 0 saturated carbocycles. The van der Waals surface area contributed by atoms with Crippen LogP contribution in [0.25, 0.3) is 0 Å². The Morgan fingerprint density at radius 3 is 2.34 bits per heavy atom. The van der Waals surface area contributed by atoms with Crippen molar-refractivity contribution >= 4 is 11.6 Å². The first-order chi connectivity index (χ1) is 14.1. The van der Waals surface area contributed by atoms with Crippen molar-refractivity contribution < 1.29 is 13.9 Å². The molecule has 2 aromatic rings. The van der Waals surface area contributed by atoms with Crippen LogP contribution in [-0.4, -0.2) is 37.7 Å². The van der Waals surface area contributed by atoms with Crippen LogP contribution < -0.4 is 14.8 Å². The van der Waals surface area contributed by atoms with Crippen LogP contribution in [0, 0.1) is 5.82 Å². The van der Waals surface area contributed by atoms with E-state index in [0.29, 0.717) is 36.3 Å². The van der Waals surface area contributed by atoms with Gasteiger partial charge in [0.2, 0.25) is 0 Å². The first-order valence-corrected chi connectivity index (χ1v) is 10.7. The molecular formula is C23H32ClFN2O2. The third-order valence-electron chi connectivity index (χ3n) is 4.76. The second-order valence-corrected chi connectivity index (χ2v) is 7.20. The van der Waals surface area contributed by atoms with E-state index in [1.807, 2.05) is 13.0 Å². The standard InChI is InChI=1S/C23H32ClFN2O2/c1-4-27(5-2)13-7-12-26-16-19-14-22(28-6-3)23(15-21(19)24)29-17-18-8-10-20(25)11-9-18/h8-11,14-15,26H,4-7,12-13,16-17H2,1-3H3. The fourth-order valence-corrected chi connectivity index (χ4v) is 3.25. The van der Waals surface area contributed by atoms with E-state index in [1.54, 1.807) is 18.2 Å². The van der Waals surface area contributed by atoms with Gasteiger partial charge in [0, 0.05) is 17.6 Å². The summed E-state index contributed by atoms with van der Waals surface area (Å²) < 4.78 is 24.7. The Morgan fingerprint density at radius 1 is 1.00 bits per heavy atom. The molecule has 160 valence electrons. The van der Waals surface area contributed by atoms with Gasteiger partial charge in [-0.15, -0.1) is 0 Å². The molecule has 0 heterocycles. The van der Waals surface area contributed by atoms with Crippen LogP contribution in [0.3, 0.4) is 0 Å². The second kappa shape index (κ2) is 12.7. The summed E-state index contributed by atoms with van der Waals surface area (Å²) in [5, 5.41) is 4.09. The van der Waals surface area contributed by atoms with Crippen molar-refractivity contribution in [3.8, 4) is 11.5 Å². The number of ether oxygens (including phenoxy) is 2. The lowest BCUT2D eigenvalue weighted by Crippen LogP contribution is -2.27. The fourth-order valence-electron chi connectivity index (χ4n) is 3.03. The van der Waals surface area contributed by atoms with Crippen molar-refractivity contribution in [2.24, 2.45) is 0 Å². The monoisotopic (exact) mass is 422 g/mol. The molecule has 0 bridgehead atoms. The largest absolute Gasteiger partial charge is 0.490 e. The SMILES string of the molecule is CCOc1cc(CNCCCN(CC)CC)c(Cl)cc1OCc1ccc(F)cc1. The molecule has 6 heteroatoms. The maximum Gasteiger partial charge on any atom is 0.163 e. The zero-order valence-corrected chi connectivity index (χ0v) is 18.4. The van der Waals surface area contributed by atoms with Crippen LogP contribution >= 0.6 is 11.6 Å². The lowest BCUT2D eigenvalue weighted by Gasteiger charge is -2.18. The first kappa shape index (κ1) is 23.5. The molecule has 0 aliphatic heterocycles. The lowest BCUT2D eigenvalue weighted by atomic mass is 10.2. The third-order valence-corrected chi connectivity index (χ3v) is 5.11. The molecular weight excluding hydrogens is 391 g/mol. The highest BCUT2D eigenvalue weighted by molar-refractivity contribution is 6.31. The van der Waals surface area contributed by atoms with Gasteiger partial charge in [0.25, 0.3) is 0 Å². The third kappa shape index (κ3) is 7.84. The van der Waals surface area contributed by atoms with Crippen LogP contribution in [0.1, 0.15) is 38.3 Å². The maximum atomic E-state index is 13.1. The average molecular weight is 423 g/mol. The highest BCUT2D eigenvalue weighted by Gasteiger charge is 2.12. The molecule has 4 nitrogen and oxygen atoms in total. The van der Waals surface area contributed by atoms with Crippen LogP contribution in [0.2, 0.25) is 5.02 Å². The molecule has 0 spiro atoms. The Balaban J connectivity index is 1.94. The highest BCUT2D eigenvalue weighted by atomic mass is 35.5. The van der Waals surface area contributed by atoms with Gasteiger partial charge >= 0.3 is 0 Å². The number of hydrogen-bond acceptors (Lipinski definition) is 4. The van der Waals surface area contributed by atoms with Crippen LogP contribution in [0.4, 0.5) is 4.39 Å². The Bertz CT molecular complexity index is 736. The Hall–Kier alpha value is -1.82. The van der Waals surface area contributed by atoms with Gasteiger partial charge in [-0.05, 0) is 68.8 Å². The maximum absolute atomic E-state index is 13.1. The van der Waals surface area contributed by atoms with Crippen molar-refractivity contribution in [3.05, 3.63) is 58.4 Å². The molecule has 2 rings (SSSR count). The van der Waals surface area contributed by atoms with Gasteiger partial charge in [0.05, 0.1) is 6.61 Å². The number of hydrogen-bond donors (Lipinski definition) is 1. The van der Waals surface area contributed by atoms with Crippen LogP contribution in [0.5, 0.6) is 11.5 Å². The summed E-state index contributed by atoms with van der Waals surface area (Å²) >= 11 is 6.48. The van der Waals surface area contributed by atoms with Crippen molar-refractivity contribution in [2.75, 3.05) is 32.8 Å². The van der Waals surface area contributed by atoms with Gasteiger partial charge < -0.3 is 19.7 Å². The molecule has 2 aromatic carbocycles. The van der Waals surface area contributed by atoms with Crippen molar-refractivity contribution in [1.29, 1.82) is 0 Å². The number of nitrogens with one attached hydrogen (secondary N) is 1. The van der Waals surface area contributed by atoms with Crippen LogP contribution in [-0.2, 0) is 13.2 Å². The van der Waals surface area contributed by atoms with Crippen molar-refractivity contribution in [1.82, 2.24) is 10.2 Å². The van der Waals surface area contributed by atoms with E-state index in [1.165, 1.54) is 12.1 Å². The Kier molecular flexibility index (Phi) is 10.3. The molecule has 29 heavy (non-hydrogen) atoms. The van der Waals surface area contributed by atoms with Gasteiger partial charge in [0.15, 0.2) is 11.5 Å². The van der Waals surface area contributed by atoms with Crippen molar-refractivity contribution in [2.45, 2.75) is 40.3 Å². The first-order valence-electron chi connectivity index (χ1n) is 10.3. The molecule has 0 fully saturated rings. The molecule has 0 radical (unpaired) electrons. The molecule has 0 unspecified atom stereocenters. The smallest absolute Gasteiger partial charge is 0.163 e. The van der Waals surface area contributed by atoms with E-state index in [9.17, 15) is 4.39 Å². The minimum absolute atomic E-state index is 0.263. The summed E-state index contributed by atoms with van der Waals surface area (Å²) in [5.41, 5.74) is 1.86. The zero-order valence-electron chi connectivity index (χ0n) is 17.6. The quantitative estimate of drug-likeness (QED) is 0.445. The van der Waals surface area contributed by atoms with Gasteiger partial charge in [-0.2, -0.15) is 0 Å². The molecule has 1 N–H and O–H groups in total. The summed E-state index contributed by atoms with van der Waals surface area (Å²) in [6.07, 6.45) is 1.09. The van der Waals surface area contributed by atoms with Crippen molar-refractivity contribution in [3.63, 3.8) is 0 Å². The molecule has 0 aromatic heterocycles. The molecule has 0 aliphatic rings. The van der Waals surface area contributed by atoms with Crippen LogP contribution in [0.15, 0.2) is 36.4 Å². The molecule has 0 saturated heterocycles. The van der Waals surface area contributed by atoms with Gasteiger partial charge in [-0.25, -0.2) is 4.39 Å². The summed E-state index contributed by atoms with van der Waals surface area (Å²) in [6, 6.07) is 9.97. The number of rotatable bonds is 13. The second-order valence-electron chi connectivity index (χ2n) is 6.80. The number of benzene rings is 2. The predicted octanol–water partition coefficient (Wildman–Crippen LogP) is 5.28. The number of halogens is 2. The molecule has 0 aliphatic carbocycles. The molecule has 0 amide bonds. The van der Waals surface area contributed by atoms with E-state index in [-0.39, 0.29) is 5.82 Å². The summed E-state index contributed by atoms with van der Waals surface area (Å²) in [7, 11) is 0. The average Bonchev–Trinajstić information content (AvgIpc) is 2.72. The Labute approximate surface area is 179 Å². The predicted molar refractivity (Wildman–Crippen MR) is 117 cm³/mol. The van der Waals surface area contributed by atoms with Gasteiger partial charge in [-0.1, -0.05) is 37.6 Å². The molecule has 0 atom stereocenters. The number of nitrogens with zero attached hydrogens (tertiary/aromatic N) is 1. The zero-order chi connectivity index (χ0) is 21.1. The van der Waals surface area contributed by atoms with E-state index < -0.39 is 0 Å². The normalized spacial score (nSPS) is 11.1. The van der Waals surface area contributed by atoms with E-state index in [4.69, 9.17) is 21.1 Å². The minimum Gasteiger partial charge on any atom is -0.490 e. The highest BCUT2D eigenvalue weighted by Crippen LogP contribution is 2.34. The van der Waals surface area contributed by atoms with Gasteiger partial charge in [0.1, 0.15) is 12.4 Å². The summed E-state index contributed by atoms with van der Waals surface area (Å²) in [6.45, 7) is 12.0. The lowest BCUT2D eigenvalue weighted by molar-refractivity contribution is 0.269. The minimum atomic E-state index is -0.263. The Morgan fingerprint density at radius 2 is 1.69 bits per heavy atom. The fraction of sp³-hybridized carbons (Fsp3) is 0.478. The van der Waals surface area contributed by atoms with E-state index >= 15 is 0 Å². The topological polar surface area (TPSA) is 33.7 Å². The van der Waals surface area contributed by atoms with Gasteiger partial charge in [-0.3, -0.25) is 0 Å². The summed E-state index contributed by atoms with van der Waals surface area (Å²) in [4.78, 5) is 2.41.